The van der Waals surface area contributed by atoms with Gasteiger partial charge in [-0.3, -0.25) is 19.7 Å². The SMILES string of the molecule is CSCC[C@H](NC(=O)c1cccc([N+](=O)[O-])c1)C(=O)O[C@H](C)C(=O)NC(C)(C)C. The first-order valence-corrected chi connectivity index (χ1v) is 10.4. The molecule has 0 aliphatic carbocycles. The van der Waals surface area contributed by atoms with E-state index in [0.29, 0.717) is 5.75 Å². The molecule has 2 atom stereocenters. The van der Waals surface area contributed by atoms with Gasteiger partial charge >= 0.3 is 5.97 Å². The molecule has 2 N–H and O–H groups in total. The first kappa shape index (κ1) is 24.4. The number of carbonyl (C=O) groups excluding carboxylic acids is 3. The molecule has 0 saturated carbocycles. The Morgan fingerprint density at radius 3 is 2.48 bits per heavy atom. The van der Waals surface area contributed by atoms with Crippen LogP contribution in [0.25, 0.3) is 0 Å². The Kier molecular flexibility index (Phi) is 9.09. The van der Waals surface area contributed by atoms with E-state index >= 15 is 0 Å². The van der Waals surface area contributed by atoms with Gasteiger partial charge in [-0.05, 0) is 52.2 Å². The van der Waals surface area contributed by atoms with Crippen molar-refractivity contribution in [3.63, 3.8) is 0 Å². The molecular weight excluding hydrogens is 398 g/mol. The summed E-state index contributed by atoms with van der Waals surface area (Å²) in [4.78, 5) is 47.4. The minimum Gasteiger partial charge on any atom is -0.451 e. The number of non-ortho nitro benzene ring substituents is 1. The number of amides is 2. The first-order chi connectivity index (χ1) is 13.4. The fourth-order valence-electron chi connectivity index (χ4n) is 2.27. The van der Waals surface area contributed by atoms with Gasteiger partial charge in [-0.1, -0.05) is 6.07 Å². The lowest BCUT2D eigenvalue weighted by molar-refractivity contribution is -0.384. The number of rotatable bonds is 9. The second kappa shape index (κ2) is 10.8. The maximum absolute atomic E-state index is 12.5. The Bertz CT molecular complexity index is 763. The van der Waals surface area contributed by atoms with Crippen LogP contribution in [0.2, 0.25) is 0 Å². The van der Waals surface area contributed by atoms with Crippen LogP contribution in [0.15, 0.2) is 24.3 Å². The quantitative estimate of drug-likeness (QED) is 0.353. The van der Waals surface area contributed by atoms with Crippen LogP contribution in [0.3, 0.4) is 0 Å². The molecule has 0 unspecified atom stereocenters. The average Bonchev–Trinajstić information content (AvgIpc) is 2.63. The number of nitrogens with zero attached hydrogens (tertiary/aromatic N) is 1. The highest BCUT2D eigenvalue weighted by Crippen LogP contribution is 2.14. The number of ether oxygens (including phenoxy) is 1. The number of carbonyl (C=O) groups is 3. The Morgan fingerprint density at radius 1 is 1.28 bits per heavy atom. The smallest absolute Gasteiger partial charge is 0.329 e. The van der Waals surface area contributed by atoms with Gasteiger partial charge in [-0.2, -0.15) is 11.8 Å². The third kappa shape index (κ3) is 8.51. The van der Waals surface area contributed by atoms with Gasteiger partial charge < -0.3 is 15.4 Å². The van der Waals surface area contributed by atoms with Crippen molar-refractivity contribution in [2.24, 2.45) is 0 Å². The summed E-state index contributed by atoms with van der Waals surface area (Å²) in [5, 5.41) is 16.2. The monoisotopic (exact) mass is 425 g/mol. The maximum Gasteiger partial charge on any atom is 0.329 e. The second-order valence-corrected chi connectivity index (χ2v) is 8.42. The van der Waals surface area contributed by atoms with E-state index in [1.54, 1.807) is 20.8 Å². The molecule has 1 aromatic rings. The largest absolute Gasteiger partial charge is 0.451 e. The lowest BCUT2D eigenvalue weighted by atomic mass is 10.1. The summed E-state index contributed by atoms with van der Waals surface area (Å²) in [6.45, 7) is 6.87. The van der Waals surface area contributed by atoms with E-state index < -0.39 is 40.4 Å². The van der Waals surface area contributed by atoms with E-state index in [9.17, 15) is 24.5 Å². The highest BCUT2D eigenvalue weighted by molar-refractivity contribution is 7.98. The zero-order valence-electron chi connectivity index (χ0n) is 17.2. The summed E-state index contributed by atoms with van der Waals surface area (Å²) in [7, 11) is 0. The lowest BCUT2D eigenvalue weighted by Gasteiger charge is -2.24. The normalized spacial score (nSPS) is 13.1. The Labute approximate surface area is 174 Å². The van der Waals surface area contributed by atoms with Crippen molar-refractivity contribution in [2.45, 2.75) is 51.8 Å². The van der Waals surface area contributed by atoms with E-state index in [4.69, 9.17) is 4.74 Å². The molecule has 1 aromatic carbocycles. The predicted octanol–water partition coefficient (Wildman–Crippen LogP) is 2.29. The molecule has 0 saturated heterocycles. The maximum atomic E-state index is 12.5. The van der Waals surface area contributed by atoms with Gasteiger partial charge in [-0.15, -0.1) is 0 Å². The number of thioether (sulfide) groups is 1. The zero-order valence-corrected chi connectivity index (χ0v) is 18.0. The standard InChI is InChI=1S/C19H27N3O6S/c1-12(16(23)21-19(2,3)4)28-18(25)15(9-10-29-5)20-17(24)13-7-6-8-14(11-13)22(26)27/h6-8,11-12,15H,9-10H2,1-5H3,(H,20,24)(H,21,23)/t12-,15+/m1/s1. The Balaban J connectivity index is 2.86. The number of nitro groups is 1. The minimum atomic E-state index is -1.03. The number of esters is 1. The summed E-state index contributed by atoms with van der Waals surface area (Å²) in [6, 6.07) is 4.22. The summed E-state index contributed by atoms with van der Waals surface area (Å²) < 4.78 is 5.23. The topological polar surface area (TPSA) is 128 Å². The van der Waals surface area contributed by atoms with Gasteiger partial charge in [-0.25, -0.2) is 4.79 Å². The highest BCUT2D eigenvalue weighted by Gasteiger charge is 2.28. The Morgan fingerprint density at radius 2 is 1.93 bits per heavy atom. The third-order valence-corrected chi connectivity index (χ3v) is 4.32. The summed E-state index contributed by atoms with van der Waals surface area (Å²) in [6.07, 6.45) is 1.10. The lowest BCUT2D eigenvalue weighted by Crippen LogP contribution is -2.48. The van der Waals surface area contributed by atoms with Crippen LogP contribution < -0.4 is 10.6 Å². The van der Waals surface area contributed by atoms with Crippen molar-refractivity contribution in [1.82, 2.24) is 10.6 Å². The number of hydrogen-bond acceptors (Lipinski definition) is 7. The number of hydrogen-bond donors (Lipinski definition) is 2. The van der Waals surface area contributed by atoms with Gasteiger partial charge in [0.05, 0.1) is 4.92 Å². The van der Waals surface area contributed by atoms with Gasteiger partial charge in [0.15, 0.2) is 6.10 Å². The van der Waals surface area contributed by atoms with Gasteiger partial charge in [0.25, 0.3) is 17.5 Å². The Hall–Kier alpha value is -2.62. The van der Waals surface area contributed by atoms with Crippen LogP contribution in [0, 0.1) is 10.1 Å². The molecule has 0 aliphatic heterocycles. The van der Waals surface area contributed by atoms with E-state index in [1.807, 2.05) is 6.26 Å². The van der Waals surface area contributed by atoms with Crippen LogP contribution in [-0.4, -0.2) is 52.4 Å². The van der Waals surface area contributed by atoms with Gasteiger partial charge in [0.2, 0.25) is 0 Å². The van der Waals surface area contributed by atoms with Crippen molar-refractivity contribution < 1.29 is 24.0 Å². The van der Waals surface area contributed by atoms with Crippen LogP contribution in [-0.2, 0) is 14.3 Å². The van der Waals surface area contributed by atoms with Crippen LogP contribution in [0.1, 0.15) is 44.5 Å². The van der Waals surface area contributed by atoms with Crippen molar-refractivity contribution in [3.8, 4) is 0 Å². The van der Waals surface area contributed by atoms with E-state index in [2.05, 4.69) is 10.6 Å². The van der Waals surface area contributed by atoms with Crippen LogP contribution >= 0.6 is 11.8 Å². The fourth-order valence-corrected chi connectivity index (χ4v) is 2.74. The molecule has 9 nitrogen and oxygen atoms in total. The molecule has 0 aliphatic rings. The van der Waals surface area contributed by atoms with E-state index in [1.165, 1.54) is 36.9 Å². The van der Waals surface area contributed by atoms with Crippen molar-refractivity contribution >= 4 is 35.2 Å². The number of nitrogens with one attached hydrogen (secondary N) is 2. The fraction of sp³-hybridized carbons (Fsp3) is 0.526. The third-order valence-electron chi connectivity index (χ3n) is 3.68. The summed E-state index contributed by atoms with van der Waals surface area (Å²) in [5.41, 5.74) is -0.653. The average molecular weight is 426 g/mol. The molecule has 160 valence electrons. The molecule has 0 radical (unpaired) electrons. The zero-order chi connectivity index (χ0) is 22.2. The second-order valence-electron chi connectivity index (χ2n) is 7.43. The van der Waals surface area contributed by atoms with Gasteiger partial charge in [0, 0.05) is 23.2 Å². The van der Waals surface area contributed by atoms with Crippen LogP contribution in [0.5, 0.6) is 0 Å². The predicted molar refractivity (Wildman–Crippen MR) is 111 cm³/mol. The molecular formula is C19H27N3O6S. The molecule has 0 spiro atoms. The molecule has 10 heteroatoms. The molecule has 0 fully saturated rings. The first-order valence-electron chi connectivity index (χ1n) is 9.01. The van der Waals surface area contributed by atoms with Crippen molar-refractivity contribution in [2.75, 3.05) is 12.0 Å². The molecule has 0 aromatic heterocycles. The summed E-state index contributed by atoms with van der Waals surface area (Å²) >= 11 is 1.48. The van der Waals surface area contributed by atoms with Crippen LogP contribution in [0.4, 0.5) is 5.69 Å². The number of benzene rings is 1. The minimum absolute atomic E-state index is 0.0553. The van der Waals surface area contributed by atoms with E-state index in [-0.39, 0.29) is 17.7 Å². The van der Waals surface area contributed by atoms with Crippen molar-refractivity contribution in [1.29, 1.82) is 0 Å². The van der Waals surface area contributed by atoms with E-state index in [0.717, 1.165) is 6.07 Å². The highest BCUT2D eigenvalue weighted by atomic mass is 32.2. The molecule has 29 heavy (non-hydrogen) atoms. The summed E-state index contributed by atoms with van der Waals surface area (Å²) in [5.74, 6) is -1.25. The molecule has 0 heterocycles. The molecule has 0 bridgehead atoms. The van der Waals surface area contributed by atoms with Crippen molar-refractivity contribution in [3.05, 3.63) is 39.9 Å². The molecule has 1 rings (SSSR count). The number of nitro benzene ring substituents is 1. The molecule has 2 amide bonds. The van der Waals surface area contributed by atoms with Gasteiger partial charge in [0.1, 0.15) is 6.04 Å².